The Hall–Kier alpha value is -3.04. The molecule has 2 aliphatic rings. The molecule has 0 saturated carbocycles. The van der Waals surface area contributed by atoms with Crippen molar-refractivity contribution in [2.75, 3.05) is 13.2 Å². The van der Waals surface area contributed by atoms with Crippen LogP contribution in [0.5, 0.6) is 0 Å². The van der Waals surface area contributed by atoms with Crippen molar-refractivity contribution in [1.82, 2.24) is 0 Å². The molecule has 0 radical (unpaired) electrons. The third-order valence-electron chi connectivity index (χ3n) is 5.95. The van der Waals surface area contributed by atoms with E-state index in [1.54, 1.807) is 0 Å². The normalized spacial score (nSPS) is 32.5. The number of esters is 1. The van der Waals surface area contributed by atoms with Gasteiger partial charge in [0.1, 0.15) is 42.1 Å². The van der Waals surface area contributed by atoms with E-state index in [1.165, 1.54) is 58.2 Å². The molecule has 188 valence electrons. The first-order chi connectivity index (χ1) is 16.7. The first-order valence-corrected chi connectivity index (χ1v) is 10.8. The summed E-state index contributed by atoms with van der Waals surface area (Å²) < 4.78 is 19.0. The molecule has 4 rings (SSSR count). The van der Waals surface area contributed by atoms with Crippen LogP contribution in [0, 0.1) is 0 Å². The van der Waals surface area contributed by atoms with E-state index < -0.39 is 74.2 Å². The summed E-state index contributed by atoms with van der Waals surface area (Å²) in [5.41, 5.74) is 0.0256. The SMILES string of the molecule is O=C(O)c1ccc[n+]([C@@H]2O[C@H](COC(=O)c3ccc[n+]([C@@H]4O[C@H](CO)[C@@H](O)[C@H]4O)c3)[C@@H](O)[C@H]2O)c1. The van der Waals surface area contributed by atoms with Gasteiger partial charge in [-0.2, -0.15) is 9.13 Å². The second-order valence-electron chi connectivity index (χ2n) is 8.26. The molecule has 13 heteroatoms. The molecule has 4 heterocycles. The molecule has 2 aromatic heterocycles. The molecule has 2 aliphatic heterocycles. The monoisotopic (exact) mass is 494 g/mol. The fourth-order valence-corrected chi connectivity index (χ4v) is 4.03. The van der Waals surface area contributed by atoms with Crippen molar-refractivity contribution in [3.63, 3.8) is 0 Å². The van der Waals surface area contributed by atoms with Crippen LogP contribution < -0.4 is 9.13 Å². The minimum absolute atomic E-state index is 0.0424. The molecular formula is C22H26N2O11+2. The van der Waals surface area contributed by atoms with Crippen LogP contribution in [0.25, 0.3) is 0 Å². The van der Waals surface area contributed by atoms with E-state index in [9.17, 15) is 35.1 Å². The van der Waals surface area contributed by atoms with Crippen molar-refractivity contribution in [1.29, 1.82) is 0 Å². The fraction of sp³-hybridized carbons (Fsp3) is 0.455. The van der Waals surface area contributed by atoms with Gasteiger partial charge in [0.05, 0.1) is 6.61 Å². The highest BCUT2D eigenvalue weighted by molar-refractivity contribution is 5.88. The summed E-state index contributed by atoms with van der Waals surface area (Å²) >= 11 is 0. The Balaban J connectivity index is 1.40. The van der Waals surface area contributed by atoms with Gasteiger partial charge in [-0.1, -0.05) is 0 Å². The Morgan fingerprint density at radius 1 is 0.829 bits per heavy atom. The molecule has 0 unspecified atom stereocenters. The molecule has 2 aromatic rings. The minimum Gasteiger partial charge on any atom is -0.477 e. The van der Waals surface area contributed by atoms with Crippen molar-refractivity contribution in [3.8, 4) is 0 Å². The van der Waals surface area contributed by atoms with Gasteiger partial charge >= 0.3 is 11.9 Å². The van der Waals surface area contributed by atoms with E-state index in [-0.39, 0.29) is 11.1 Å². The summed E-state index contributed by atoms with van der Waals surface area (Å²) in [6.45, 7) is -0.901. The number of carbonyl (C=O) groups excluding carboxylic acids is 1. The molecule has 6 N–H and O–H groups in total. The Morgan fingerprint density at radius 2 is 1.34 bits per heavy atom. The molecule has 2 saturated heterocycles. The number of aliphatic hydroxyl groups excluding tert-OH is 5. The van der Waals surface area contributed by atoms with Crippen LogP contribution in [-0.2, 0) is 14.2 Å². The molecule has 0 bridgehead atoms. The zero-order valence-corrected chi connectivity index (χ0v) is 18.3. The number of pyridine rings is 2. The number of nitrogens with zero attached hydrogens (tertiary/aromatic N) is 2. The lowest BCUT2D eigenvalue weighted by Gasteiger charge is -2.14. The standard InChI is InChI=1S/C22H25N2O11/c25-9-13-15(26)17(28)19(34-13)24-6-2-4-12(8-24)22(32)33-10-14-16(27)18(29)20(35-14)23-5-1-3-11(7-23)21(30)31/h1-8,13-20,25-29H,9-10H2/q+1/p+1/t13-,14-,15-,16-,17-,18-,19-,20-/m1/s1. The summed E-state index contributed by atoms with van der Waals surface area (Å²) in [5.74, 6) is -1.96. The van der Waals surface area contributed by atoms with Gasteiger partial charge in [0.15, 0.2) is 37.0 Å². The number of carboxylic acid groups (broad SMARTS) is 1. The predicted molar refractivity (Wildman–Crippen MR) is 109 cm³/mol. The third kappa shape index (κ3) is 5.01. The zero-order chi connectivity index (χ0) is 25.3. The number of aromatic nitrogens is 2. The number of carboxylic acids is 1. The second-order valence-corrected chi connectivity index (χ2v) is 8.26. The highest BCUT2D eigenvalue weighted by atomic mass is 16.6. The quantitative estimate of drug-likeness (QED) is 0.170. The Labute approximate surface area is 198 Å². The van der Waals surface area contributed by atoms with Gasteiger partial charge in [0, 0.05) is 12.1 Å². The van der Waals surface area contributed by atoms with Gasteiger partial charge in [-0.15, -0.1) is 0 Å². The van der Waals surface area contributed by atoms with E-state index in [4.69, 9.17) is 19.3 Å². The van der Waals surface area contributed by atoms with Crippen molar-refractivity contribution in [2.24, 2.45) is 0 Å². The van der Waals surface area contributed by atoms with Gasteiger partial charge in [0.2, 0.25) is 0 Å². The van der Waals surface area contributed by atoms with Crippen molar-refractivity contribution in [2.45, 2.75) is 49.1 Å². The number of rotatable bonds is 7. The number of carbonyl (C=O) groups is 2. The summed E-state index contributed by atoms with van der Waals surface area (Å²) in [5, 5.41) is 59.2. The molecular weight excluding hydrogens is 468 g/mol. The summed E-state index contributed by atoms with van der Waals surface area (Å²) in [7, 11) is 0. The lowest BCUT2D eigenvalue weighted by atomic mass is 10.1. The lowest BCUT2D eigenvalue weighted by Crippen LogP contribution is -2.46. The average molecular weight is 494 g/mol. The van der Waals surface area contributed by atoms with Crippen molar-refractivity contribution < 1.29 is 63.6 Å². The minimum atomic E-state index is -1.41. The molecule has 2 fully saturated rings. The van der Waals surface area contributed by atoms with Crippen LogP contribution in [0.1, 0.15) is 33.2 Å². The number of hydrogen-bond acceptors (Lipinski definition) is 10. The Bertz CT molecular complexity index is 1080. The topological polar surface area (TPSA) is 191 Å². The molecule has 13 nitrogen and oxygen atoms in total. The highest BCUT2D eigenvalue weighted by Crippen LogP contribution is 2.27. The molecule has 0 amide bonds. The van der Waals surface area contributed by atoms with Crippen LogP contribution in [0.4, 0.5) is 0 Å². The average Bonchev–Trinajstić information content (AvgIpc) is 3.32. The van der Waals surface area contributed by atoms with Gasteiger partial charge < -0.3 is 44.8 Å². The molecule has 0 aliphatic carbocycles. The summed E-state index contributed by atoms with van der Waals surface area (Å²) in [6, 6.07) is 5.76. The van der Waals surface area contributed by atoms with E-state index in [1.807, 2.05) is 0 Å². The largest absolute Gasteiger partial charge is 0.477 e. The highest BCUT2D eigenvalue weighted by Gasteiger charge is 2.49. The van der Waals surface area contributed by atoms with Crippen molar-refractivity contribution in [3.05, 3.63) is 60.2 Å². The van der Waals surface area contributed by atoms with Gasteiger partial charge in [-0.25, -0.2) is 9.59 Å². The molecule has 35 heavy (non-hydrogen) atoms. The van der Waals surface area contributed by atoms with E-state index in [0.29, 0.717) is 0 Å². The maximum Gasteiger partial charge on any atom is 0.344 e. The van der Waals surface area contributed by atoms with Crippen LogP contribution in [0.3, 0.4) is 0 Å². The molecule has 0 spiro atoms. The van der Waals surface area contributed by atoms with E-state index in [2.05, 4.69) is 0 Å². The van der Waals surface area contributed by atoms with Crippen molar-refractivity contribution >= 4 is 11.9 Å². The second kappa shape index (κ2) is 10.3. The number of aliphatic hydroxyl groups is 5. The fourth-order valence-electron chi connectivity index (χ4n) is 4.03. The van der Waals surface area contributed by atoms with Crippen LogP contribution >= 0.6 is 0 Å². The predicted octanol–water partition coefficient (Wildman–Crippen LogP) is -2.95. The van der Waals surface area contributed by atoms with E-state index >= 15 is 0 Å². The van der Waals surface area contributed by atoms with Crippen LogP contribution in [0.2, 0.25) is 0 Å². The maximum atomic E-state index is 12.6. The number of hydrogen-bond donors (Lipinski definition) is 6. The number of aromatic carboxylic acids is 1. The Morgan fingerprint density at radius 3 is 1.89 bits per heavy atom. The first-order valence-electron chi connectivity index (χ1n) is 10.8. The maximum absolute atomic E-state index is 12.6. The third-order valence-corrected chi connectivity index (χ3v) is 5.95. The summed E-state index contributed by atoms with van der Waals surface area (Å²) in [4.78, 5) is 23.8. The number of ether oxygens (including phenoxy) is 3. The Kier molecular flexibility index (Phi) is 7.37. The molecule has 0 aromatic carbocycles. The van der Waals surface area contributed by atoms with Gasteiger partial charge in [-0.05, 0) is 12.1 Å². The van der Waals surface area contributed by atoms with Crippen LogP contribution in [-0.4, -0.2) is 92.4 Å². The van der Waals surface area contributed by atoms with Gasteiger partial charge in [0.25, 0.3) is 12.5 Å². The van der Waals surface area contributed by atoms with E-state index in [0.717, 1.165) is 0 Å². The van der Waals surface area contributed by atoms with Crippen LogP contribution in [0.15, 0.2) is 49.1 Å². The smallest absolute Gasteiger partial charge is 0.344 e. The van der Waals surface area contributed by atoms with Gasteiger partial charge in [-0.3, -0.25) is 0 Å². The lowest BCUT2D eigenvalue weighted by molar-refractivity contribution is -0.766. The first kappa shape index (κ1) is 25.1. The summed E-state index contributed by atoms with van der Waals surface area (Å²) in [6.07, 6.45) is -4.09. The molecule has 8 atom stereocenters. The zero-order valence-electron chi connectivity index (χ0n) is 18.3.